The van der Waals surface area contributed by atoms with Crippen molar-refractivity contribution in [1.82, 2.24) is 14.8 Å². The Bertz CT molecular complexity index is 600. The summed E-state index contributed by atoms with van der Waals surface area (Å²) in [5.41, 5.74) is 1.61. The zero-order chi connectivity index (χ0) is 17.9. The molecule has 1 aromatic heterocycles. The number of amides is 1. The molecule has 1 spiro atoms. The van der Waals surface area contributed by atoms with Gasteiger partial charge in [-0.25, -0.2) is 4.98 Å². The number of carbonyl (C=O) groups is 1. The van der Waals surface area contributed by atoms with Gasteiger partial charge in [-0.05, 0) is 45.6 Å². The highest BCUT2D eigenvalue weighted by atomic mass is 32.1. The first-order valence-corrected chi connectivity index (χ1v) is 10.8. The molecule has 2 fully saturated rings. The molecule has 1 aromatic rings. The molecule has 25 heavy (non-hydrogen) atoms. The monoisotopic (exact) mass is 363 g/mol. The van der Waals surface area contributed by atoms with Crippen molar-refractivity contribution < 1.29 is 4.79 Å². The van der Waals surface area contributed by atoms with Crippen molar-refractivity contribution in [3.05, 3.63) is 15.6 Å². The van der Waals surface area contributed by atoms with Crippen molar-refractivity contribution in [2.75, 3.05) is 26.2 Å². The third-order valence-corrected chi connectivity index (χ3v) is 6.86. The van der Waals surface area contributed by atoms with E-state index in [0.717, 1.165) is 58.3 Å². The van der Waals surface area contributed by atoms with Crippen LogP contribution in [0, 0.1) is 12.3 Å². The van der Waals surface area contributed by atoms with E-state index in [1.54, 1.807) is 0 Å². The first kappa shape index (κ1) is 18.8. The Balaban J connectivity index is 1.66. The fraction of sp³-hybridized carbons (Fsp3) is 0.800. The molecule has 0 bridgehead atoms. The summed E-state index contributed by atoms with van der Waals surface area (Å²) in [5.74, 6) is 0.377. The maximum atomic E-state index is 12.3. The number of likely N-dealkylation sites (tertiary alicyclic amines) is 2. The van der Waals surface area contributed by atoms with Gasteiger partial charge >= 0.3 is 0 Å². The minimum Gasteiger partial charge on any atom is -0.342 e. The van der Waals surface area contributed by atoms with Crippen LogP contribution in [0.3, 0.4) is 0 Å². The highest BCUT2D eigenvalue weighted by Crippen LogP contribution is 2.39. The van der Waals surface area contributed by atoms with Gasteiger partial charge in [-0.3, -0.25) is 9.69 Å². The molecular weight excluding hydrogens is 330 g/mol. The molecule has 140 valence electrons. The van der Waals surface area contributed by atoms with Crippen LogP contribution < -0.4 is 0 Å². The number of hydrogen-bond donors (Lipinski definition) is 0. The fourth-order valence-corrected chi connectivity index (χ4v) is 5.62. The van der Waals surface area contributed by atoms with Crippen molar-refractivity contribution in [1.29, 1.82) is 0 Å². The maximum Gasteiger partial charge on any atom is 0.222 e. The maximum absolute atomic E-state index is 12.3. The van der Waals surface area contributed by atoms with Gasteiger partial charge < -0.3 is 4.90 Å². The Kier molecular flexibility index (Phi) is 6.16. The number of unbranched alkanes of at least 4 members (excludes halogenated alkanes) is 1. The van der Waals surface area contributed by atoms with Crippen molar-refractivity contribution in [2.45, 2.75) is 72.3 Å². The minimum atomic E-state index is 0.325. The molecule has 2 aliphatic heterocycles. The first-order chi connectivity index (χ1) is 12.0. The van der Waals surface area contributed by atoms with Crippen LogP contribution in [0.15, 0.2) is 0 Å². The molecule has 1 amide bonds. The van der Waals surface area contributed by atoms with Gasteiger partial charge in [0.05, 0.1) is 10.7 Å². The number of rotatable bonds is 6. The molecule has 0 radical (unpaired) electrons. The summed E-state index contributed by atoms with van der Waals surface area (Å²) in [7, 11) is 0. The number of aryl methyl sites for hydroxylation is 2. The molecule has 3 rings (SSSR count). The second kappa shape index (κ2) is 8.17. The number of nitrogens with zero attached hydrogens (tertiary/aromatic N) is 3. The zero-order valence-corrected chi connectivity index (χ0v) is 17.0. The number of carbonyl (C=O) groups excluding carboxylic acids is 1. The summed E-state index contributed by atoms with van der Waals surface area (Å²) < 4.78 is 0. The summed E-state index contributed by atoms with van der Waals surface area (Å²) in [6.07, 6.45) is 7.68. The minimum absolute atomic E-state index is 0.325. The lowest BCUT2D eigenvalue weighted by Crippen LogP contribution is -2.53. The van der Waals surface area contributed by atoms with Gasteiger partial charge in [-0.1, -0.05) is 20.3 Å². The first-order valence-electron chi connectivity index (χ1n) is 10.0. The molecule has 3 heterocycles. The number of piperidine rings is 2. The molecule has 0 saturated carbocycles. The predicted octanol–water partition coefficient (Wildman–Crippen LogP) is 4.02. The Morgan fingerprint density at radius 2 is 2.08 bits per heavy atom. The van der Waals surface area contributed by atoms with Gasteiger partial charge in [0.25, 0.3) is 0 Å². The van der Waals surface area contributed by atoms with E-state index in [2.05, 4.69) is 30.6 Å². The quantitative estimate of drug-likeness (QED) is 0.766. The van der Waals surface area contributed by atoms with Gasteiger partial charge in [-0.2, -0.15) is 0 Å². The zero-order valence-electron chi connectivity index (χ0n) is 16.1. The van der Waals surface area contributed by atoms with Crippen LogP contribution >= 0.6 is 11.3 Å². The van der Waals surface area contributed by atoms with Gasteiger partial charge in [0.1, 0.15) is 0 Å². The van der Waals surface area contributed by atoms with Crippen LogP contribution in [0.4, 0.5) is 0 Å². The van der Waals surface area contributed by atoms with E-state index in [9.17, 15) is 4.79 Å². The average molecular weight is 364 g/mol. The normalized spacial score (nSPS) is 25.1. The van der Waals surface area contributed by atoms with Crippen LogP contribution in [0.25, 0.3) is 0 Å². The lowest BCUT2D eigenvalue weighted by atomic mass is 9.73. The average Bonchev–Trinajstić information content (AvgIpc) is 2.95. The molecule has 5 heteroatoms. The molecule has 2 saturated heterocycles. The smallest absolute Gasteiger partial charge is 0.222 e. The molecule has 2 aliphatic rings. The van der Waals surface area contributed by atoms with E-state index in [1.165, 1.54) is 35.0 Å². The van der Waals surface area contributed by atoms with Crippen molar-refractivity contribution in [3.8, 4) is 0 Å². The molecule has 0 unspecified atom stereocenters. The molecule has 4 nitrogen and oxygen atoms in total. The number of thiazole rings is 1. The number of hydrogen-bond acceptors (Lipinski definition) is 4. The van der Waals surface area contributed by atoms with E-state index in [-0.39, 0.29) is 0 Å². The third kappa shape index (κ3) is 4.43. The highest BCUT2D eigenvalue weighted by molar-refractivity contribution is 7.11. The van der Waals surface area contributed by atoms with E-state index in [4.69, 9.17) is 4.98 Å². The lowest BCUT2D eigenvalue weighted by molar-refractivity contribution is -0.139. The van der Waals surface area contributed by atoms with Crippen LogP contribution in [-0.4, -0.2) is 46.9 Å². The topological polar surface area (TPSA) is 36.4 Å². The predicted molar refractivity (Wildman–Crippen MR) is 104 cm³/mol. The van der Waals surface area contributed by atoms with Gasteiger partial charge in [0, 0.05) is 42.9 Å². The van der Waals surface area contributed by atoms with Crippen LogP contribution in [0.5, 0.6) is 0 Å². The van der Waals surface area contributed by atoms with E-state index < -0.39 is 0 Å². The van der Waals surface area contributed by atoms with Crippen molar-refractivity contribution >= 4 is 17.2 Å². The molecule has 0 aliphatic carbocycles. The van der Waals surface area contributed by atoms with E-state index in [0.29, 0.717) is 11.3 Å². The van der Waals surface area contributed by atoms with Gasteiger partial charge in [0.15, 0.2) is 0 Å². The van der Waals surface area contributed by atoms with Crippen LogP contribution in [0.1, 0.15) is 68.0 Å². The van der Waals surface area contributed by atoms with Gasteiger partial charge in [0.2, 0.25) is 5.91 Å². The summed E-state index contributed by atoms with van der Waals surface area (Å²) in [4.78, 5) is 23.2. The SMILES string of the molecule is CCCCN1C[C@]2(CCCN(Cc3sc(C)nc3CC)C2)CCC1=O. The molecule has 1 atom stereocenters. The lowest BCUT2D eigenvalue weighted by Gasteiger charge is -2.48. The van der Waals surface area contributed by atoms with Gasteiger partial charge in [-0.15, -0.1) is 11.3 Å². The second-order valence-corrected chi connectivity index (χ2v) is 9.23. The summed E-state index contributed by atoms with van der Waals surface area (Å²) in [6.45, 7) is 11.8. The number of aromatic nitrogens is 1. The largest absolute Gasteiger partial charge is 0.342 e. The van der Waals surface area contributed by atoms with Crippen LogP contribution in [-0.2, 0) is 17.8 Å². The fourth-order valence-electron chi connectivity index (χ4n) is 4.55. The standard InChI is InChI=1S/C20H33N3OS/c1-4-6-12-23-15-20(10-8-19(23)24)9-7-11-22(14-20)13-18-17(5-2)21-16(3)25-18/h4-15H2,1-3H3/t20-/m1/s1. The summed E-state index contributed by atoms with van der Waals surface area (Å²) >= 11 is 1.86. The van der Waals surface area contributed by atoms with E-state index >= 15 is 0 Å². The Labute approximate surface area is 156 Å². The second-order valence-electron chi connectivity index (χ2n) is 7.94. The Morgan fingerprint density at radius 1 is 1.24 bits per heavy atom. The third-order valence-electron chi connectivity index (χ3n) is 5.86. The molecule has 0 aromatic carbocycles. The van der Waals surface area contributed by atoms with Crippen molar-refractivity contribution in [2.24, 2.45) is 5.41 Å². The Hall–Kier alpha value is -0.940. The van der Waals surface area contributed by atoms with Crippen molar-refractivity contribution in [3.63, 3.8) is 0 Å². The highest BCUT2D eigenvalue weighted by Gasteiger charge is 2.41. The summed E-state index contributed by atoms with van der Waals surface area (Å²) in [6, 6.07) is 0. The van der Waals surface area contributed by atoms with E-state index in [1.807, 2.05) is 11.3 Å². The van der Waals surface area contributed by atoms with Crippen LogP contribution in [0.2, 0.25) is 0 Å². The summed E-state index contributed by atoms with van der Waals surface area (Å²) in [5, 5.41) is 1.19. The Morgan fingerprint density at radius 3 is 2.84 bits per heavy atom. The molecule has 0 N–H and O–H groups in total. The molecular formula is C20H33N3OS.